The molecule has 0 saturated heterocycles. The number of aromatic amines is 1. The topological polar surface area (TPSA) is 57.8 Å². The predicted molar refractivity (Wildman–Crippen MR) is 74.1 cm³/mol. The Morgan fingerprint density at radius 2 is 2.17 bits per heavy atom. The molecule has 0 atom stereocenters. The van der Waals surface area contributed by atoms with Gasteiger partial charge in [-0.2, -0.15) is 0 Å². The first-order valence-electron chi connectivity index (χ1n) is 6.70. The summed E-state index contributed by atoms with van der Waals surface area (Å²) >= 11 is 5.92. The van der Waals surface area contributed by atoms with Gasteiger partial charge < -0.3 is 10.3 Å². The summed E-state index contributed by atoms with van der Waals surface area (Å²) in [5.41, 5.74) is -0.283. The Kier molecular flexibility index (Phi) is 4.64. The average molecular weight is 270 g/mol. The van der Waals surface area contributed by atoms with Crippen molar-refractivity contribution in [1.29, 1.82) is 0 Å². The summed E-state index contributed by atoms with van der Waals surface area (Å²) in [6.45, 7) is 2.24. The molecule has 1 aromatic rings. The van der Waals surface area contributed by atoms with E-state index in [1.807, 2.05) is 0 Å². The summed E-state index contributed by atoms with van der Waals surface area (Å²) in [4.78, 5) is 17.9. The van der Waals surface area contributed by atoms with E-state index < -0.39 is 0 Å². The largest absolute Gasteiger partial charge is 0.366 e. The summed E-state index contributed by atoms with van der Waals surface area (Å²) in [5, 5.41) is 3.45. The van der Waals surface area contributed by atoms with E-state index >= 15 is 0 Å². The first-order chi connectivity index (χ1) is 8.70. The normalized spacial score (nSPS) is 23.9. The minimum atomic E-state index is -0.283. The second-order valence-corrected chi connectivity index (χ2v) is 5.42. The molecule has 1 saturated carbocycles. The molecule has 0 amide bonds. The Labute approximate surface area is 112 Å². The maximum Gasteiger partial charge on any atom is 0.271 e. The smallest absolute Gasteiger partial charge is 0.271 e. The number of H-pyrrole nitrogens is 1. The van der Waals surface area contributed by atoms with Crippen molar-refractivity contribution in [2.24, 2.45) is 5.92 Å². The van der Waals surface area contributed by atoms with E-state index in [0.717, 1.165) is 18.8 Å². The number of aromatic nitrogens is 2. The highest BCUT2D eigenvalue weighted by Crippen LogP contribution is 2.29. The second kappa shape index (κ2) is 6.23. The zero-order chi connectivity index (χ0) is 13.0. The maximum absolute atomic E-state index is 11.4. The molecule has 0 aromatic carbocycles. The van der Waals surface area contributed by atoms with E-state index in [2.05, 4.69) is 22.2 Å². The first-order valence-corrected chi connectivity index (χ1v) is 7.08. The molecule has 1 aromatic heterocycles. The van der Waals surface area contributed by atoms with Crippen LogP contribution in [0.5, 0.6) is 0 Å². The van der Waals surface area contributed by atoms with Gasteiger partial charge in [-0.25, -0.2) is 4.98 Å². The molecule has 100 valence electrons. The van der Waals surface area contributed by atoms with Gasteiger partial charge in [0.05, 0.1) is 6.33 Å². The monoisotopic (exact) mass is 269 g/mol. The Morgan fingerprint density at radius 3 is 2.83 bits per heavy atom. The summed E-state index contributed by atoms with van der Waals surface area (Å²) < 4.78 is 0. The van der Waals surface area contributed by atoms with Crippen LogP contribution in [0.4, 0.5) is 5.82 Å². The van der Waals surface area contributed by atoms with Crippen molar-refractivity contribution in [3.8, 4) is 0 Å². The predicted octanol–water partition coefficient (Wildman–Crippen LogP) is 3.19. The maximum atomic E-state index is 11.4. The van der Waals surface area contributed by atoms with Crippen LogP contribution in [0.15, 0.2) is 11.1 Å². The fourth-order valence-corrected chi connectivity index (χ4v) is 2.84. The van der Waals surface area contributed by atoms with Crippen LogP contribution in [0.2, 0.25) is 5.02 Å². The summed E-state index contributed by atoms with van der Waals surface area (Å²) in [6, 6.07) is 0.393. The van der Waals surface area contributed by atoms with Gasteiger partial charge in [0.15, 0.2) is 5.82 Å². The summed E-state index contributed by atoms with van der Waals surface area (Å²) in [5.74, 6) is 1.38. The molecular formula is C13H20ClN3O. The van der Waals surface area contributed by atoms with Crippen LogP contribution in [0, 0.1) is 5.92 Å². The molecule has 4 nitrogen and oxygen atoms in total. The molecule has 1 heterocycles. The number of nitrogens with zero attached hydrogens (tertiary/aromatic N) is 1. The van der Waals surface area contributed by atoms with E-state index in [9.17, 15) is 4.79 Å². The van der Waals surface area contributed by atoms with Crippen LogP contribution in [-0.2, 0) is 0 Å². The van der Waals surface area contributed by atoms with Gasteiger partial charge in [0.1, 0.15) is 5.02 Å². The lowest BCUT2D eigenvalue weighted by molar-refractivity contribution is 0.318. The van der Waals surface area contributed by atoms with Gasteiger partial charge in [0.25, 0.3) is 5.56 Å². The van der Waals surface area contributed by atoms with Gasteiger partial charge in [-0.1, -0.05) is 31.4 Å². The molecule has 2 rings (SSSR count). The summed E-state index contributed by atoms with van der Waals surface area (Å²) in [7, 11) is 0. The molecule has 0 unspecified atom stereocenters. The molecule has 18 heavy (non-hydrogen) atoms. The van der Waals surface area contributed by atoms with Gasteiger partial charge in [-0.15, -0.1) is 0 Å². The molecule has 0 radical (unpaired) electrons. The molecule has 0 spiro atoms. The van der Waals surface area contributed by atoms with Gasteiger partial charge in [-0.05, 0) is 31.6 Å². The second-order valence-electron chi connectivity index (χ2n) is 5.04. The Hall–Kier alpha value is -1.03. The first kappa shape index (κ1) is 13.4. The fraction of sp³-hybridized carbons (Fsp3) is 0.692. The number of rotatable bonds is 4. The van der Waals surface area contributed by atoms with E-state index in [-0.39, 0.29) is 10.6 Å². The third kappa shape index (κ3) is 3.25. The molecule has 1 fully saturated rings. The Morgan fingerprint density at radius 1 is 1.44 bits per heavy atom. The van der Waals surface area contributed by atoms with Gasteiger partial charge >= 0.3 is 0 Å². The van der Waals surface area contributed by atoms with E-state index in [1.165, 1.54) is 32.0 Å². The van der Waals surface area contributed by atoms with Gasteiger partial charge in [0, 0.05) is 6.04 Å². The van der Waals surface area contributed by atoms with Crippen molar-refractivity contribution >= 4 is 17.4 Å². The van der Waals surface area contributed by atoms with Gasteiger partial charge in [-0.3, -0.25) is 4.79 Å². The average Bonchev–Trinajstić information content (AvgIpc) is 2.38. The molecule has 1 aliphatic carbocycles. The molecule has 2 N–H and O–H groups in total. The number of nitrogens with one attached hydrogen (secondary N) is 2. The van der Waals surface area contributed by atoms with Crippen LogP contribution >= 0.6 is 11.6 Å². The van der Waals surface area contributed by atoms with E-state index in [4.69, 9.17) is 11.6 Å². The third-order valence-electron chi connectivity index (χ3n) is 3.68. The van der Waals surface area contributed by atoms with Crippen molar-refractivity contribution in [2.45, 2.75) is 51.5 Å². The van der Waals surface area contributed by atoms with Crippen LogP contribution in [0.1, 0.15) is 45.4 Å². The lowest BCUT2D eigenvalue weighted by atomic mass is 9.83. The van der Waals surface area contributed by atoms with Crippen molar-refractivity contribution in [3.63, 3.8) is 0 Å². The zero-order valence-electron chi connectivity index (χ0n) is 10.7. The van der Waals surface area contributed by atoms with Crippen molar-refractivity contribution in [3.05, 3.63) is 21.7 Å². The lowest BCUT2D eigenvalue weighted by Gasteiger charge is -2.29. The van der Waals surface area contributed by atoms with Crippen LogP contribution < -0.4 is 10.9 Å². The van der Waals surface area contributed by atoms with Crippen molar-refractivity contribution in [1.82, 2.24) is 9.97 Å². The van der Waals surface area contributed by atoms with Crippen LogP contribution in [0.3, 0.4) is 0 Å². The third-order valence-corrected chi connectivity index (χ3v) is 4.03. The van der Waals surface area contributed by atoms with Crippen molar-refractivity contribution < 1.29 is 0 Å². The fourth-order valence-electron chi connectivity index (χ4n) is 2.68. The highest BCUT2D eigenvalue weighted by molar-refractivity contribution is 6.32. The molecular weight excluding hydrogens is 250 g/mol. The van der Waals surface area contributed by atoms with Gasteiger partial charge in [0.2, 0.25) is 0 Å². The number of hydrogen-bond acceptors (Lipinski definition) is 3. The molecule has 0 aliphatic heterocycles. The SMILES string of the molecule is CCCC1CCC(Nc2nc[nH]c(=O)c2Cl)CC1. The molecule has 0 bridgehead atoms. The molecule has 1 aliphatic rings. The number of halogens is 1. The summed E-state index contributed by atoms with van der Waals surface area (Å²) in [6.07, 6.45) is 8.77. The Balaban J connectivity index is 1.92. The number of hydrogen-bond donors (Lipinski definition) is 2. The highest BCUT2D eigenvalue weighted by atomic mass is 35.5. The Bertz CT molecular complexity index is 438. The quantitative estimate of drug-likeness (QED) is 0.883. The van der Waals surface area contributed by atoms with Crippen molar-refractivity contribution in [2.75, 3.05) is 5.32 Å². The van der Waals surface area contributed by atoms with E-state index in [1.54, 1.807) is 0 Å². The van der Waals surface area contributed by atoms with E-state index in [0.29, 0.717) is 11.9 Å². The molecule has 5 heteroatoms. The lowest BCUT2D eigenvalue weighted by Crippen LogP contribution is -2.27. The number of anilines is 1. The van der Waals surface area contributed by atoms with Crippen LogP contribution in [0.25, 0.3) is 0 Å². The highest BCUT2D eigenvalue weighted by Gasteiger charge is 2.21. The standard InChI is InChI=1S/C13H20ClN3O/c1-2-3-9-4-6-10(7-5-9)17-12-11(14)13(18)16-8-15-12/h8-10H,2-7H2,1H3,(H2,15,16,17,18). The minimum absolute atomic E-state index is 0.160. The minimum Gasteiger partial charge on any atom is -0.366 e. The van der Waals surface area contributed by atoms with Crippen LogP contribution in [-0.4, -0.2) is 16.0 Å². The zero-order valence-corrected chi connectivity index (χ0v) is 11.5.